The highest BCUT2D eigenvalue weighted by Crippen LogP contribution is 2.63. The lowest BCUT2D eigenvalue weighted by Crippen LogP contribution is -2.28. The van der Waals surface area contributed by atoms with Crippen LogP contribution in [0, 0.1) is 0 Å². The second-order valence-electron chi connectivity index (χ2n) is 32.2. The van der Waals surface area contributed by atoms with Crippen molar-refractivity contribution in [1.82, 2.24) is 0 Å². The number of hydrogen-bond acceptors (Lipinski definition) is 7. The maximum absolute atomic E-state index is 5.32. The molecule has 1 spiro atoms. The minimum Gasteiger partial charge on any atom is -0.497 e. The number of ether oxygens (including phenoxy) is 3. The van der Waals surface area contributed by atoms with Gasteiger partial charge in [-0.2, -0.15) is 0 Å². The Balaban J connectivity index is 0.000000116. The van der Waals surface area contributed by atoms with Gasteiger partial charge in [-0.3, -0.25) is 0 Å². The van der Waals surface area contributed by atoms with Crippen LogP contribution in [0.2, 0.25) is 0 Å². The fourth-order valence-electron chi connectivity index (χ4n) is 17.3. The molecule has 0 aliphatic heterocycles. The van der Waals surface area contributed by atoms with E-state index in [4.69, 9.17) is 14.2 Å². The van der Waals surface area contributed by atoms with Gasteiger partial charge >= 0.3 is 0 Å². The number of fused-ring (bicyclic) bond motifs is 16. The van der Waals surface area contributed by atoms with E-state index in [1.807, 2.05) is 60.7 Å². The molecule has 7 nitrogen and oxygen atoms in total. The van der Waals surface area contributed by atoms with Crippen molar-refractivity contribution in [3.05, 3.63) is 425 Å². The predicted molar refractivity (Wildman–Crippen MR) is 473 cm³/mol. The summed E-state index contributed by atoms with van der Waals surface area (Å²) in [6.45, 7) is 18.0. The molecule has 4 aliphatic rings. The molecule has 0 saturated heterocycles. The molecule has 0 aromatic heterocycles. The molecule has 0 fully saturated rings. The molecule has 4 aliphatic carbocycles. The zero-order chi connectivity index (χ0) is 78.1. The van der Waals surface area contributed by atoms with Gasteiger partial charge in [0.1, 0.15) is 17.2 Å². The molecule has 19 rings (SSSR count). The Hall–Kier alpha value is -13.1. The molecule has 0 saturated carbocycles. The quantitative estimate of drug-likeness (QED) is 0.0916. The Morgan fingerprint density at radius 1 is 0.212 bits per heavy atom. The number of rotatable bonds is 13. The van der Waals surface area contributed by atoms with E-state index in [1.54, 1.807) is 21.3 Å². The molecule has 7 heteroatoms. The topological polar surface area (TPSA) is 75.8 Å². The molecule has 0 bridgehead atoms. The van der Waals surface area contributed by atoms with Crippen LogP contribution in [0.3, 0.4) is 0 Å². The van der Waals surface area contributed by atoms with Crippen molar-refractivity contribution in [2.75, 3.05) is 42.6 Å². The smallest absolute Gasteiger partial charge is 0.119 e. The van der Waals surface area contributed by atoms with Gasteiger partial charge in [0.05, 0.1) is 32.2 Å². The molecule has 0 heterocycles. The molecule has 0 amide bonds. The Kier molecular flexibility index (Phi) is 20.1. The van der Waals surface area contributed by atoms with Gasteiger partial charge in [0.2, 0.25) is 0 Å². The predicted octanol–water partition coefficient (Wildman–Crippen LogP) is 27.4. The molecule has 558 valence electrons. The molecule has 15 aromatic rings. The van der Waals surface area contributed by atoms with Gasteiger partial charge in [-0.1, -0.05) is 280 Å². The lowest BCUT2D eigenvalue weighted by molar-refractivity contribution is 0.415. The van der Waals surface area contributed by atoms with Crippen LogP contribution in [0.25, 0.3) is 44.5 Å². The van der Waals surface area contributed by atoms with Crippen LogP contribution in [0.4, 0.5) is 45.5 Å². The van der Waals surface area contributed by atoms with Crippen LogP contribution in [0.1, 0.15) is 122 Å². The second-order valence-corrected chi connectivity index (χ2v) is 32.2. The van der Waals surface area contributed by atoms with Crippen LogP contribution in [-0.4, -0.2) is 21.3 Å². The number of hydrogen-bond donors (Lipinski definition) is 4. The zero-order valence-corrected chi connectivity index (χ0v) is 66.3. The molecule has 4 N–H and O–H groups in total. The maximum atomic E-state index is 5.32. The summed E-state index contributed by atoms with van der Waals surface area (Å²) in [5.74, 6) is 2.57. The van der Waals surface area contributed by atoms with Crippen LogP contribution < -0.4 is 35.5 Å². The van der Waals surface area contributed by atoms with Gasteiger partial charge in [0.15, 0.2) is 0 Å². The third kappa shape index (κ3) is 14.1. The molecular formula is C106H96N4O3. The summed E-state index contributed by atoms with van der Waals surface area (Å²) in [7, 11) is 5.06. The van der Waals surface area contributed by atoms with Crippen molar-refractivity contribution >= 4 is 45.5 Å². The average Bonchev–Trinajstić information content (AvgIpc) is 1.50. The third-order valence-electron chi connectivity index (χ3n) is 23.0. The summed E-state index contributed by atoms with van der Waals surface area (Å²) in [5, 5.41) is 14.2. The standard InChI is InChI=1S/C32H23NO.C32H25NO.C22H21NO.C20H27N/c1-34-23-17-14-21(15-18-23)33-22-16-19-27-26-10-4-7-13-30(26)32(31(27)20-22)28-11-5-2-8-24(28)25-9-3-6-12-29(25)32;1-34-27-19-16-25(17-20-27)33-26-18-21-29-28-14-8-9-15-30(28)32(31(29)22-26,23-10-4-2-5-11-23)24-12-6-3-7-13-24;1-22(2)20-7-5-4-6-18(20)19-13-10-16(14-21(19)22)23-15-8-11-17(24-3)12-9-15;1-19(2,3)15-7-11-17(12-8-15)21-18-13-9-16(10-14-18)20(4,5)6/h2-20,33H,1H3;2-22,33H,1H3;4-14,23H,1-3H3;7-14,21H,1-6H3. The maximum Gasteiger partial charge on any atom is 0.119 e. The summed E-state index contributed by atoms with van der Waals surface area (Å²) in [5.41, 5.74) is 35.0. The minimum atomic E-state index is -0.383. The Morgan fingerprint density at radius 2 is 0.442 bits per heavy atom. The van der Waals surface area contributed by atoms with Gasteiger partial charge < -0.3 is 35.5 Å². The second kappa shape index (κ2) is 30.6. The van der Waals surface area contributed by atoms with Gasteiger partial charge in [-0.15, -0.1) is 0 Å². The first kappa shape index (κ1) is 74.0. The van der Waals surface area contributed by atoms with Crippen LogP contribution in [0.15, 0.2) is 358 Å². The first-order valence-electron chi connectivity index (χ1n) is 39.1. The van der Waals surface area contributed by atoms with Crippen molar-refractivity contribution in [1.29, 1.82) is 0 Å². The van der Waals surface area contributed by atoms with E-state index in [-0.39, 0.29) is 27.1 Å². The Bertz CT molecular complexity index is 5590. The zero-order valence-electron chi connectivity index (χ0n) is 66.3. The van der Waals surface area contributed by atoms with Crippen molar-refractivity contribution in [3.8, 4) is 61.8 Å². The first-order chi connectivity index (χ1) is 54.9. The lowest BCUT2D eigenvalue weighted by Gasteiger charge is -2.34. The fraction of sp³-hybridized carbons (Fsp3) is 0.151. The van der Waals surface area contributed by atoms with E-state index >= 15 is 0 Å². The van der Waals surface area contributed by atoms with Crippen LogP contribution in [-0.2, 0) is 27.1 Å². The molecule has 113 heavy (non-hydrogen) atoms. The normalized spacial score (nSPS) is 13.3. The first-order valence-corrected chi connectivity index (χ1v) is 39.1. The molecule has 0 atom stereocenters. The monoisotopic (exact) mass is 1470 g/mol. The number of nitrogens with one attached hydrogen (secondary N) is 4. The number of methoxy groups -OCH3 is 3. The van der Waals surface area contributed by atoms with E-state index < -0.39 is 0 Å². The van der Waals surface area contributed by atoms with E-state index in [0.29, 0.717) is 0 Å². The summed E-state index contributed by atoms with van der Waals surface area (Å²) in [4.78, 5) is 0. The molecular weight excluding hydrogens is 1380 g/mol. The average molecular weight is 1470 g/mol. The largest absolute Gasteiger partial charge is 0.497 e. The highest BCUT2D eigenvalue weighted by molar-refractivity contribution is 5.96. The van der Waals surface area contributed by atoms with E-state index in [0.717, 1.165) is 62.7 Å². The highest BCUT2D eigenvalue weighted by atomic mass is 16.5. The molecule has 0 unspecified atom stereocenters. The van der Waals surface area contributed by atoms with Crippen LogP contribution in [0.5, 0.6) is 17.2 Å². The van der Waals surface area contributed by atoms with E-state index in [2.05, 4.69) is 374 Å². The van der Waals surface area contributed by atoms with Gasteiger partial charge in [0.25, 0.3) is 0 Å². The van der Waals surface area contributed by atoms with Crippen molar-refractivity contribution in [3.63, 3.8) is 0 Å². The van der Waals surface area contributed by atoms with Crippen molar-refractivity contribution in [2.45, 2.75) is 82.5 Å². The summed E-state index contributed by atoms with van der Waals surface area (Å²) >= 11 is 0. The third-order valence-corrected chi connectivity index (χ3v) is 23.0. The lowest BCUT2D eigenvalue weighted by atomic mass is 9.67. The summed E-state index contributed by atoms with van der Waals surface area (Å²) in [6.07, 6.45) is 0. The fourth-order valence-corrected chi connectivity index (χ4v) is 17.3. The summed E-state index contributed by atoms with van der Waals surface area (Å²) in [6, 6.07) is 128. The summed E-state index contributed by atoms with van der Waals surface area (Å²) < 4.78 is 15.8. The van der Waals surface area contributed by atoms with E-state index in [9.17, 15) is 0 Å². The Morgan fingerprint density at radius 3 is 0.761 bits per heavy atom. The minimum absolute atomic E-state index is 0.0313. The van der Waals surface area contributed by atoms with Gasteiger partial charge in [-0.25, -0.2) is 0 Å². The SMILES string of the molecule is CC(C)(C)c1ccc(Nc2ccc(C(C)(C)C)cc2)cc1.COc1ccc(Nc2ccc3c(c2)C(C)(C)c2ccccc2-3)cc1.COc1ccc(Nc2ccc3c(c2)C(c2ccccc2)(c2ccccc2)c2ccccc2-3)cc1.COc1ccc(Nc2ccc3c(c2)C2(c4ccccc4-c4ccccc42)c2ccccc2-3)cc1. The number of anilines is 8. The van der Waals surface area contributed by atoms with Crippen LogP contribution >= 0.6 is 0 Å². The van der Waals surface area contributed by atoms with Crippen molar-refractivity contribution < 1.29 is 14.2 Å². The van der Waals surface area contributed by atoms with Gasteiger partial charge in [-0.05, 0) is 256 Å². The van der Waals surface area contributed by atoms with Crippen molar-refractivity contribution in [2.24, 2.45) is 0 Å². The Labute approximate surface area is 667 Å². The highest BCUT2D eigenvalue weighted by Gasteiger charge is 2.52. The number of benzene rings is 15. The van der Waals surface area contributed by atoms with Gasteiger partial charge in [0, 0.05) is 50.9 Å². The molecule has 15 aromatic carbocycles. The van der Waals surface area contributed by atoms with E-state index in [1.165, 1.54) is 111 Å². The molecule has 0 radical (unpaired) electrons.